The molecule has 0 aromatic carbocycles. The Bertz CT molecular complexity index is 410. The van der Waals surface area contributed by atoms with Crippen LogP contribution in [0.25, 0.3) is 0 Å². The minimum atomic E-state index is -0.494. The van der Waals surface area contributed by atoms with Crippen LogP contribution in [0.15, 0.2) is 12.2 Å². The molecule has 0 aliphatic rings. The summed E-state index contributed by atoms with van der Waals surface area (Å²) in [4.78, 5) is 23.3. The van der Waals surface area contributed by atoms with E-state index in [0.29, 0.717) is 25.0 Å². The molecule has 2 unspecified atom stereocenters. The van der Waals surface area contributed by atoms with Crippen molar-refractivity contribution >= 4 is 11.9 Å². The van der Waals surface area contributed by atoms with Crippen molar-refractivity contribution in [3.63, 3.8) is 0 Å². The summed E-state index contributed by atoms with van der Waals surface area (Å²) in [7, 11) is 0. The fourth-order valence-corrected chi connectivity index (χ4v) is 3.25. The molecule has 0 bridgehead atoms. The van der Waals surface area contributed by atoms with Crippen LogP contribution >= 0.6 is 0 Å². The number of rotatable bonds is 10. The molecule has 0 aliphatic carbocycles. The molecule has 0 aromatic heterocycles. The molecule has 0 rings (SSSR count). The van der Waals surface area contributed by atoms with Crippen LogP contribution in [0.1, 0.15) is 81.1 Å². The summed E-state index contributed by atoms with van der Waals surface area (Å²) in [5.74, 6) is -0.00400. The van der Waals surface area contributed by atoms with Crippen LogP contribution in [0.2, 0.25) is 0 Å². The summed E-state index contributed by atoms with van der Waals surface area (Å²) in [6.07, 6.45) is 6.12. The van der Waals surface area contributed by atoms with Gasteiger partial charge in [0.2, 0.25) is 0 Å². The minimum Gasteiger partial charge on any atom is -0.463 e. The lowest BCUT2D eigenvalue weighted by Gasteiger charge is -2.23. The molecule has 0 saturated heterocycles. The standard InChI is InChI=1S/C22H40O4/c1-17(15-21(3,4)5)11-13-25-19(23)9-10-20(24)26-14-12-18(2)16-22(6,7)8/h9-10,17-18H,11-16H2,1-8H3. The summed E-state index contributed by atoms with van der Waals surface area (Å²) < 4.78 is 10.3. The van der Waals surface area contributed by atoms with Gasteiger partial charge in [-0.15, -0.1) is 0 Å². The fraction of sp³-hybridized carbons (Fsp3) is 0.818. The molecule has 0 fully saturated rings. The van der Waals surface area contributed by atoms with Gasteiger partial charge in [-0.2, -0.15) is 0 Å². The van der Waals surface area contributed by atoms with Gasteiger partial charge in [0.25, 0.3) is 0 Å². The first kappa shape index (κ1) is 24.7. The van der Waals surface area contributed by atoms with Crippen LogP contribution in [0.5, 0.6) is 0 Å². The van der Waals surface area contributed by atoms with Crippen LogP contribution in [-0.2, 0) is 19.1 Å². The molecular formula is C22H40O4. The average molecular weight is 369 g/mol. The van der Waals surface area contributed by atoms with Gasteiger partial charge in [-0.1, -0.05) is 55.4 Å². The highest BCUT2D eigenvalue weighted by molar-refractivity contribution is 5.91. The Balaban J connectivity index is 3.94. The lowest BCUT2D eigenvalue weighted by Crippen LogP contribution is -2.14. The van der Waals surface area contributed by atoms with Crippen LogP contribution in [-0.4, -0.2) is 25.2 Å². The Hall–Kier alpha value is -1.32. The molecule has 0 spiro atoms. The topological polar surface area (TPSA) is 52.6 Å². The van der Waals surface area contributed by atoms with Gasteiger partial charge in [-0.05, 0) is 48.3 Å². The summed E-state index contributed by atoms with van der Waals surface area (Å²) in [6, 6.07) is 0. The molecule has 0 radical (unpaired) electrons. The highest BCUT2D eigenvalue weighted by atomic mass is 16.5. The van der Waals surface area contributed by atoms with E-state index in [4.69, 9.17) is 9.47 Å². The Morgan fingerprint density at radius 3 is 1.31 bits per heavy atom. The van der Waals surface area contributed by atoms with Crippen LogP contribution in [0.3, 0.4) is 0 Å². The maximum atomic E-state index is 11.6. The first-order valence-corrected chi connectivity index (χ1v) is 9.80. The van der Waals surface area contributed by atoms with Crippen molar-refractivity contribution in [2.24, 2.45) is 22.7 Å². The monoisotopic (exact) mass is 368 g/mol. The van der Waals surface area contributed by atoms with Crippen molar-refractivity contribution in [3.8, 4) is 0 Å². The third-order valence-corrected chi connectivity index (χ3v) is 3.99. The molecule has 4 nitrogen and oxygen atoms in total. The normalized spacial score (nSPS) is 14.9. The van der Waals surface area contributed by atoms with E-state index in [9.17, 15) is 9.59 Å². The van der Waals surface area contributed by atoms with E-state index in [-0.39, 0.29) is 10.8 Å². The molecule has 0 aliphatic heterocycles. The van der Waals surface area contributed by atoms with Crippen molar-refractivity contribution in [3.05, 3.63) is 12.2 Å². The minimum absolute atomic E-state index is 0.275. The SMILES string of the molecule is CC(CCOC(=O)C=CC(=O)OCCC(C)CC(C)(C)C)CC(C)(C)C. The molecule has 0 N–H and O–H groups in total. The molecule has 4 heteroatoms. The van der Waals surface area contributed by atoms with Gasteiger partial charge in [0.05, 0.1) is 13.2 Å². The van der Waals surface area contributed by atoms with Gasteiger partial charge in [0.1, 0.15) is 0 Å². The van der Waals surface area contributed by atoms with E-state index >= 15 is 0 Å². The van der Waals surface area contributed by atoms with Gasteiger partial charge in [0, 0.05) is 12.2 Å². The first-order chi connectivity index (χ1) is 11.8. The molecule has 0 saturated carbocycles. The second-order valence-corrected chi connectivity index (χ2v) is 9.99. The van der Waals surface area contributed by atoms with Gasteiger partial charge in [-0.25, -0.2) is 9.59 Å². The zero-order valence-corrected chi connectivity index (χ0v) is 18.2. The summed E-state index contributed by atoms with van der Waals surface area (Å²) in [6.45, 7) is 18.3. The quantitative estimate of drug-likeness (QED) is 0.374. The van der Waals surface area contributed by atoms with Gasteiger partial charge in [0.15, 0.2) is 0 Å². The Kier molecular flexibility index (Phi) is 10.8. The average Bonchev–Trinajstić information content (AvgIpc) is 2.41. The van der Waals surface area contributed by atoms with Crippen molar-refractivity contribution in [1.82, 2.24) is 0 Å². The Morgan fingerprint density at radius 1 is 0.731 bits per heavy atom. The molecule has 2 atom stereocenters. The molecular weight excluding hydrogens is 328 g/mol. The maximum Gasteiger partial charge on any atom is 0.331 e. The molecule has 0 amide bonds. The van der Waals surface area contributed by atoms with Crippen molar-refractivity contribution in [2.45, 2.75) is 81.1 Å². The summed E-state index contributed by atoms with van der Waals surface area (Å²) in [5.41, 5.74) is 0.551. The highest BCUT2D eigenvalue weighted by Crippen LogP contribution is 2.26. The number of carbonyl (C=O) groups is 2. The van der Waals surface area contributed by atoms with E-state index < -0.39 is 11.9 Å². The lowest BCUT2D eigenvalue weighted by atomic mass is 9.84. The number of hydrogen-bond acceptors (Lipinski definition) is 4. The van der Waals surface area contributed by atoms with Crippen molar-refractivity contribution in [2.75, 3.05) is 13.2 Å². The Labute approximate surface area is 160 Å². The van der Waals surface area contributed by atoms with E-state index in [1.165, 1.54) is 0 Å². The summed E-state index contributed by atoms with van der Waals surface area (Å²) in [5, 5.41) is 0. The van der Waals surface area contributed by atoms with Crippen LogP contribution in [0, 0.1) is 22.7 Å². The number of hydrogen-bond donors (Lipinski definition) is 0. The lowest BCUT2D eigenvalue weighted by molar-refractivity contribution is -0.140. The summed E-state index contributed by atoms with van der Waals surface area (Å²) >= 11 is 0. The number of esters is 2. The zero-order valence-electron chi connectivity index (χ0n) is 18.2. The molecule has 0 aromatic rings. The smallest absolute Gasteiger partial charge is 0.331 e. The fourth-order valence-electron chi connectivity index (χ4n) is 3.25. The van der Waals surface area contributed by atoms with E-state index in [1.54, 1.807) is 0 Å². The second-order valence-electron chi connectivity index (χ2n) is 9.99. The molecule has 26 heavy (non-hydrogen) atoms. The van der Waals surface area contributed by atoms with Crippen molar-refractivity contribution in [1.29, 1.82) is 0 Å². The Morgan fingerprint density at radius 2 is 1.04 bits per heavy atom. The third-order valence-electron chi connectivity index (χ3n) is 3.99. The van der Waals surface area contributed by atoms with E-state index in [2.05, 4.69) is 55.4 Å². The van der Waals surface area contributed by atoms with Crippen LogP contribution in [0.4, 0.5) is 0 Å². The first-order valence-electron chi connectivity index (χ1n) is 9.80. The zero-order chi connectivity index (χ0) is 20.4. The number of carbonyl (C=O) groups excluding carboxylic acids is 2. The van der Waals surface area contributed by atoms with Gasteiger partial charge >= 0.3 is 11.9 Å². The van der Waals surface area contributed by atoms with E-state index in [0.717, 1.165) is 37.8 Å². The van der Waals surface area contributed by atoms with Crippen LogP contribution < -0.4 is 0 Å². The largest absolute Gasteiger partial charge is 0.463 e. The molecule has 0 heterocycles. The maximum absolute atomic E-state index is 11.6. The third kappa shape index (κ3) is 16.2. The van der Waals surface area contributed by atoms with Gasteiger partial charge in [-0.3, -0.25) is 0 Å². The predicted octanol–water partition coefficient (Wildman–Crippen LogP) is 5.55. The second kappa shape index (κ2) is 11.4. The van der Waals surface area contributed by atoms with Gasteiger partial charge < -0.3 is 9.47 Å². The predicted molar refractivity (Wildman–Crippen MR) is 107 cm³/mol. The highest BCUT2D eigenvalue weighted by Gasteiger charge is 2.16. The number of ether oxygens (including phenoxy) is 2. The van der Waals surface area contributed by atoms with E-state index in [1.807, 2.05) is 0 Å². The molecule has 152 valence electrons. The van der Waals surface area contributed by atoms with Crippen molar-refractivity contribution < 1.29 is 19.1 Å².